The van der Waals surface area contributed by atoms with Gasteiger partial charge in [0.25, 0.3) is 0 Å². The third-order valence-electron chi connectivity index (χ3n) is 13.4. The van der Waals surface area contributed by atoms with Crippen LogP contribution in [-0.4, -0.2) is 222 Å². The summed E-state index contributed by atoms with van der Waals surface area (Å²) >= 11 is 0. The molecule has 6 amide bonds. The molecule has 0 radical (unpaired) electrons. The number of ether oxygens (including phenoxy) is 6. The average Bonchev–Trinajstić information content (AvgIpc) is 3.78. The number of carbonyl (C=O) groups is 5. The van der Waals surface area contributed by atoms with E-state index in [4.69, 9.17) is 28.4 Å². The topological polar surface area (TPSA) is 389 Å². The van der Waals surface area contributed by atoms with Crippen LogP contribution in [0.5, 0.6) is 0 Å². The van der Waals surface area contributed by atoms with Gasteiger partial charge in [-0.05, 0) is 45.4 Å². The van der Waals surface area contributed by atoms with E-state index in [-0.39, 0.29) is 43.0 Å². The molecule has 0 unspecified atom stereocenters. The van der Waals surface area contributed by atoms with Gasteiger partial charge in [-0.1, -0.05) is 25.7 Å². The molecule has 18 atom stereocenters. The molecule has 5 fully saturated rings. The summed E-state index contributed by atoms with van der Waals surface area (Å²) in [6.45, 7) is 3.25. The molecule has 5 aliphatic heterocycles. The Morgan fingerprint density at radius 2 is 1.23 bits per heavy atom. The third kappa shape index (κ3) is 16.3. The van der Waals surface area contributed by atoms with Crippen molar-refractivity contribution >= 4 is 39.5 Å². The van der Waals surface area contributed by atoms with Crippen molar-refractivity contribution in [3.8, 4) is 0 Å². The van der Waals surface area contributed by atoms with E-state index in [1.165, 1.54) is 13.8 Å². The Labute approximate surface area is 412 Å². The zero-order valence-electron chi connectivity index (χ0n) is 40.5. The molecule has 0 spiro atoms. The van der Waals surface area contributed by atoms with Crippen molar-refractivity contribution < 1.29 is 96.6 Å². The lowest BCUT2D eigenvalue weighted by molar-refractivity contribution is -0.365. The maximum absolute atomic E-state index is 12.7. The van der Waals surface area contributed by atoms with E-state index < -0.39 is 144 Å². The van der Waals surface area contributed by atoms with Crippen molar-refractivity contribution in [1.82, 2.24) is 31.9 Å². The third-order valence-corrected chi connectivity index (χ3v) is 15.7. The first kappa shape index (κ1) is 58.5. The van der Waals surface area contributed by atoms with Gasteiger partial charge >= 0.3 is 6.03 Å². The molecule has 0 aromatic rings. The highest BCUT2D eigenvalue weighted by atomic mass is 32.2. The summed E-state index contributed by atoms with van der Waals surface area (Å²) in [6.07, 6.45) is -13.1. The fourth-order valence-electron chi connectivity index (χ4n) is 9.57. The van der Waals surface area contributed by atoms with Crippen molar-refractivity contribution in [3.05, 3.63) is 0 Å². The van der Waals surface area contributed by atoms with Gasteiger partial charge in [-0.2, -0.15) is 0 Å². The van der Waals surface area contributed by atoms with E-state index in [0.717, 1.165) is 32.6 Å². The molecule has 5 aliphatic rings. The van der Waals surface area contributed by atoms with Gasteiger partial charge in [-0.25, -0.2) is 13.2 Å². The van der Waals surface area contributed by atoms with Crippen LogP contribution in [0.1, 0.15) is 97.8 Å². The van der Waals surface area contributed by atoms with Crippen LogP contribution in [0, 0.1) is 0 Å². The lowest BCUT2D eigenvalue weighted by atomic mass is 9.93. The molecular formula is C44H76N6O20S. The molecule has 71 heavy (non-hydrogen) atoms. The fourth-order valence-corrected chi connectivity index (χ4v) is 11.8. The largest absolute Gasteiger partial charge is 0.394 e. The number of amides is 6. The monoisotopic (exact) mass is 1040 g/mol. The number of fused-ring (bicyclic) bond motifs is 1. The molecule has 5 rings (SSSR count). The highest BCUT2D eigenvalue weighted by molar-refractivity contribution is 7.92. The fraction of sp³-hybridized carbons (Fsp3) is 0.886. The number of urea groups is 1. The Morgan fingerprint density at radius 3 is 1.85 bits per heavy atom. The molecule has 27 heteroatoms. The summed E-state index contributed by atoms with van der Waals surface area (Å²) in [5.74, 6) is -1.54. The SMILES string of the molecule is CC(=O)N[C@H]1[C@H](O[C@H]2[C@H](O[C@@H]3O[C@@H](C)[C@@H](O)[C@@H](O)[C@@H]3O)[C@@H](NC(C)=O)[C@H](OCCCCCC(=O)NCCCCCCNC(=O)CCCC[C@H]3[C@H]4NC(=O)N[C@H]4CS3(=O)=O)O[C@@H]2CO)O[C@H](CO)[C@@H](O)[C@@H]1O. The molecular weight excluding hydrogens is 965 g/mol. The van der Waals surface area contributed by atoms with Gasteiger partial charge in [0.05, 0.1) is 42.4 Å². The quantitative estimate of drug-likeness (QED) is 0.0273. The number of nitrogens with one attached hydrogen (secondary N) is 6. The Kier molecular flexibility index (Phi) is 22.9. The van der Waals surface area contributed by atoms with Crippen LogP contribution in [0.25, 0.3) is 0 Å². The maximum atomic E-state index is 12.7. The van der Waals surface area contributed by atoms with Crippen LogP contribution >= 0.6 is 0 Å². The van der Waals surface area contributed by atoms with Crippen molar-refractivity contribution in [3.63, 3.8) is 0 Å². The Hall–Kier alpha value is -3.42. The zero-order chi connectivity index (χ0) is 52.0. The minimum absolute atomic E-state index is 0.0377. The summed E-state index contributed by atoms with van der Waals surface area (Å²) in [6, 6.07) is -3.92. The van der Waals surface area contributed by atoms with Gasteiger partial charge in [0.1, 0.15) is 67.0 Å². The second-order valence-electron chi connectivity index (χ2n) is 18.9. The first-order chi connectivity index (χ1) is 33.8. The summed E-state index contributed by atoms with van der Waals surface area (Å²) < 4.78 is 61.1. The maximum Gasteiger partial charge on any atom is 0.315 e. The van der Waals surface area contributed by atoms with Gasteiger partial charge in [0, 0.05) is 46.4 Å². The van der Waals surface area contributed by atoms with Crippen molar-refractivity contribution in [1.29, 1.82) is 0 Å². The van der Waals surface area contributed by atoms with Crippen LogP contribution in [-0.2, 0) is 57.4 Å². The first-order valence-electron chi connectivity index (χ1n) is 24.6. The van der Waals surface area contributed by atoms with E-state index in [9.17, 15) is 68.1 Å². The molecule has 0 aliphatic carbocycles. The zero-order valence-corrected chi connectivity index (χ0v) is 41.3. The summed E-state index contributed by atoms with van der Waals surface area (Å²) in [7, 11) is -3.30. The van der Waals surface area contributed by atoms with Crippen LogP contribution in [0.2, 0.25) is 0 Å². The summed E-state index contributed by atoms with van der Waals surface area (Å²) in [5.41, 5.74) is 0. The van der Waals surface area contributed by atoms with E-state index in [1.54, 1.807) is 0 Å². The predicted octanol–water partition coefficient (Wildman–Crippen LogP) is -4.47. The lowest BCUT2D eigenvalue weighted by Crippen LogP contribution is -2.70. The lowest BCUT2D eigenvalue weighted by Gasteiger charge is -2.50. The molecule has 5 saturated heterocycles. The number of unbranched alkanes of at least 4 members (excludes halogenated alkanes) is 6. The standard InChI is InChI=1S/C44H76N6O20S/c1-22-34(57)37(60)38(61)43(66-22)70-40-33(48-24(3)54)41(68-27(20-52)39(40)69-42-32(47-23(2)53)36(59)35(58)26(19-51)67-42)65-18-12-6-7-14-29(55)45-16-10-4-5-11-17-46-30(56)15-9-8-13-28-31-25(21-71(28,63)64)49-44(62)50-31/h22,25-28,31-43,51-52,57-61H,4-21H2,1-3H3,(H,45,55)(H,46,56)(H,47,53)(H,48,54)(H2,49,50,62)/t22-,25-,26+,27+,28-,31-,32+,33+,34+,35+,36+,37+,38-,39+,40+,41+,42-,43-/m0/s1. The second kappa shape index (κ2) is 27.8. The van der Waals surface area contributed by atoms with E-state index >= 15 is 0 Å². The van der Waals surface area contributed by atoms with E-state index in [2.05, 4.69) is 31.9 Å². The number of hydrogen-bond donors (Lipinski definition) is 13. The predicted molar refractivity (Wildman–Crippen MR) is 245 cm³/mol. The van der Waals surface area contributed by atoms with Crippen LogP contribution in [0.15, 0.2) is 0 Å². The first-order valence-corrected chi connectivity index (χ1v) is 26.3. The van der Waals surface area contributed by atoms with Gasteiger partial charge in [-0.15, -0.1) is 0 Å². The number of sulfone groups is 1. The molecule has 0 aromatic heterocycles. The number of aliphatic hydroxyl groups is 7. The van der Waals surface area contributed by atoms with Crippen molar-refractivity contribution in [2.75, 3.05) is 38.7 Å². The second-order valence-corrected chi connectivity index (χ2v) is 21.2. The normalized spacial score (nSPS) is 36.5. The number of aliphatic hydroxyl groups excluding tert-OH is 7. The Bertz CT molecular complexity index is 1860. The highest BCUT2D eigenvalue weighted by Gasteiger charge is 2.55. The molecule has 26 nitrogen and oxygen atoms in total. The summed E-state index contributed by atoms with van der Waals surface area (Å²) in [5, 5.41) is 89.5. The van der Waals surface area contributed by atoms with Crippen molar-refractivity contribution in [2.24, 2.45) is 0 Å². The molecule has 13 N–H and O–H groups in total. The van der Waals surface area contributed by atoms with Gasteiger partial charge in [-0.3, -0.25) is 19.2 Å². The van der Waals surface area contributed by atoms with Gasteiger partial charge < -0.3 is 96.1 Å². The smallest absolute Gasteiger partial charge is 0.315 e. The molecule has 0 bridgehead atoms. The van der Waals surface area contributed by atoms with Crippen LogP contribution in [0.4, 0.5) is 4.79 Å². The van der Waals surface area contributed by atoms with Gasteiger partial charge in [0.2, 0.25) is 23.6 Å². The molecule has 408 valence electrons. The van der Waals surface area contributed by atoms with Crippen molar-refractivity contribution in [2.45, 2.75) is 207 Å². The van der Waals surface area contributed by atoms with Crippen LogP contribution < -0.4 is 31.9 Å². The Morgan fingerprint density at radius 1 is 0.648 bits per heavy atom. The van der Waals surface area contributed by atoms with Crippen LogP contribution in [0.3, 0.4) is 0 Å². The van der Waals surface area contributed by atoms with Gasteiger partial charge in [0.15, 0.2) is 28.7 Å². The minimum Gasteiger partial charge on any atom is -0.394 e. The Balaban J connectivity index is 1.03. The average molecular weight is 1040 g/mol. The van der Waals surface area contributed by atoms with E-state index in [0.29, 0.717) is 51.6 Å². The minimum atomic E-state index is -3.30. The number of rotatable bonds is 27. The number of hydrogen-bond acceptors (Lipinski definition) is 20. The molecule has 5 heterocycles. The molecule has 0 aromatic carbocycles. The van der Waals surface area contributed by atoms with E-state index in [1.807, 2.05) is 0 Å². The summed E-state index contributed by atoms with van der Waals surface area (Å²) in [4.78, 5) is 61.3. The highest BCUT2D eigenvalue weighted by Crippen LogP contribution is 2.34. The number of carbonyl (C=O) groups excluding carboxylic acids is 5. The molecule has 0 saturated carbocycles.